The summed E-state index contributed by atoms with van der Waals surface area (Å²) in [6.45, 7) is 4.19. The fourth-order valence-corrected chi connectivity index (χ4v) is 2.95. The van der Waals surface area contributed by atoms with Crippen LogP contribution in [0.4, 0.5) is 5.95 Å². The molecule has 0 unspecified atom stereocenters. The van der Waals surface area contributed by atoms with E-state index < -0.39 is 0 Å². The molecular weight excluding hydrogens is 250 g/mol. The Hall–Kier alpha value is -1.65. The molecule has 3 N–H and O–H groups in total. The van der Waals surface area contributed by atoms with Crippen LogP contribution in [0, 0.1) is 18.3 Å². The second kappa shape index (κ2) is 6.20. The van der Waals surface area contributed by atoms with Crippen LogP contribution in [0.1, 0.15) is 50.4 Å². The Morgan fingerprint density at radius 2 is 2.00 bits per heavy atom. The molecule has 0 saturated heterocycles. The minimum atomic E-state index is -0.000147. The van der Waals surface area contributed by atoms with Gasteiger partial charge in [0.2, 0.25) is 5.95 Å². The van der Waals surface area contributed by atoms with Gasteiger partial charge in [0.1, 0.15) is 11.5 Å². The summed E-state index contributed by atoms with van der Waals surface area (Å²) in [7, 11) is 2.05. The SMILES string of the molecule is CCC1CCC(N(C)c2nc(C)cc(C(=N)N)n2)CC1. The van der Waals surface area contributed by atoms with Gasteiger partial charge in [-0.05, 0) is 44.6 Å². The van der Waals surface area contributed by atoms with Gasteiger partial charge in [0, 0.05) is 18.8 Å². The Bertz CT molecular complexity index is 477. The maximum absolute atomic E-state index is 7.53. The molecule has 0 amide bonds. The molecule has 1 aromatic heterocycles. The molecule has 0 atom stereocenters. The zero-order valence-corrected chi connectivity index (χ0v) is 12.7. The summed E-state index contributed by atoms with van der Waals surface area (Å²) in [6, 6.07) is 2.26. The zero-order valence-electron chi connectivity index (χ0n) is 12.7. The molecule has 2 rings (SSSR count). The van der Waals surface area contributed by atoms with E-state index in [1.54, 1.807) is 6.07 Å². The number of hydrogen-bond donors (Lipinski definition) is 2. The second-order valence-electron chi connectivity index (χ2n) is 5.80. The quantitative estimate of drug-likeness (QED) is 0.653. The van der Waals surface area contributed by atoms with E-state index in [9.17, 15) is 0 Å². The van der Waals surface area contributed by atoms with E-state index in [1.165, 1.54) is 32.1 Å². The van der Waals surface area contributed by atoms with Crippen molar-refractivity contribution in [3.8, 4) is 0 Å². The van der Waals surface area contributed by atoms with Crippen LogP contribution in [-0.4, -0.2) is 28.9 Å². The molecule has 1 aliphatic carbocycles. The van der Waals surface area contributed by atoms with E-state index in [0.29, 0.717) is 17.7 Å². The number of aromatic nitrogens is 2. The van der Waals surface area contributed by atoms with Gasteiger partial charge in [-0.2, -0.15) is 0 Å². The summed E-state index contributed by atoms with van der Waals surface area (Å²) in [5, 5.41) is 7.53. The Balaban J connectivity index is 2.13. The molecule has 0 spiro atoms. The summed E-state index contributed by atoms with van der Waals surface area (Å²) >= 11 is 0. The highest BCUT2D eigenvalue weighted by atomic mass is 15.3. The first-order valence-corrected chi connectivity index (χ1v) is 7.44. The minimum Gasteiger partial charge on any atom is -0.382 e. The van der Waals surface area contributed by atoms with Crippen molar-refractivity contribution in [3.63, 3.8) is 0 Å². The van der Waals surface area contributed by atoms with Gasteiger partial charge < -0.3 is 10.6 Å². The smallest absolute Gasteiger partial charge is 0.226 e. The van der Waals surface area contributed by atoms with Crippen molar-refractivity contribution in [2.75, 3.05) is 11.9 Å². The first-order chi connectivity index (χ1) is 9.51. The molecule has 0 radical (unpaired) electrons. The monoisotopic (exact) mass is 275 g/mol. The Morgan fingerprint density at radius 3 is 2.55 bits per heavy atom. The van der Waals surface area contributed by atoms with Crippen LogP contribution in [0.2, 0.25) is 0 Å². The summed E-state index contributed by atoms with van der Waals surface area (Å²) in [5.74, 6) is 1.57. The largest absolute Gasteiger partial charge is 0.382 e. The fraction of sp³-hybridized carbons (Fsp3) is 0.667. The lowest BCUT2D eigenvalue weighted by molar-refractivity contribution is 0.312. The summed E-state index contributed by atoms with van der Waals surface area (Å²) in [6.07, 6.45) is 6.25. The maximum atomic E-state index is 7.53. The Morgan fingerprint density at radius 1 is 1.35 bits per heavy atom. The average molecular weight is 275 g/mol. The number of anilines is 1. The Kier molecular flexibility index (Phi) is 4.57. The van der Waals surface area contributed by atoms with Gasteiger partial charge in [-0.3, -0.25) is 5.41 Å². The average Bonchev–Trinajstić information content (AvgIpc) is 2.46. The van der Waals surface area contributed by atoms with Crippen LogP contribution < -0.4 is 10.6 Å². The lowest BCUT2D eigenvalue weighted by Gasteiger charge is -2.34. The highest BCUT2D eigenvalue weighted by molar-refractivity contribution is 5.93. The summed E-state index contributed by atoms with van der Waals surface area (Å²) < 4.78 is 0. The standard InChI is InChI=1S/C15H25N5/c1-4-11-5-7-12(8-6-11)20(3)15-18-10(2)9-13(19-15)14(16)17/h9,11-12H,4-8H2,1-3H3,(H3,16,17). The Labute approximate surface area is 121 Å². The van der Waals surface area contributed by atoms with Gasteiger partial charge in [0.05, 0.1) is 0 Å². The number of nitrogen functional groups attached to an aromatic ring is 1. The van der Waals surface area contributed by atoms with Gasteiger partial charge in [0.15, 0.2) is 0 Å². The second-order valence-corrected chi connectivity index (χ2v) is 5.80. The zero-order chi connectivity index (χ0) is 14.7. The van der Waals surface area contributed by atoms with E-state index in [0.717, 1.165) is 11.6 Å². The number of nitrogens with two attached hydrogens (primary N) is 1. The normalized spacial score (nSPS) is 22.6. The molecule has 0 aromatic carbocycles. The molecule has 1 saturated carbocycles. The van der Waals surface area contributed by atoms with E-state index >= 15 is 0 Å². The number of amidine groups is 1. The third-order valence-electron chi connectivity index (χ3n) is 4.38. The van der Waals surface area contributed by atoms with Crippen LogP contribution in [0.3, 0.4) is 0 Å². The van der Waals surface area contributed by atoms with Crippen molar-refractivity contribution in [2.24, 2.45) is 11.7 Å². The molecule has 0 bridgehead atoms. The topological polar surface area (TPSA) is 78.9 Å². The maximum Gasteiger partial charge on any atom is 0.226 e. The third-order valence-corrected chi connectivity index (χ3v) is 4.38. The lowest BCUT2D eigenvalue weighted by atomic mass is 9.84. The van der Waals surface area contributed by atoms with Gasteiger partial charge >= 0.3 is 0 Å². The van der Waals surface area contributed by atoms with E-state index in [4.69, 9.17) is 11.1 Å². The molecule has 0 aliphatic heterocycles. The molecule has 20 heavy (non-hydrogen) atoms. The first-order valence-electron chi connectivity index (χ1n) is 7.44. The van der Waals surface area contributed by atoms with Gasteiger partial charge in [-0.15, -0.1) is 0 Å². The van der Waals surface area contributed by atoms with Crippen molar-refractivity contribution in [2.45, 2.75) is 52.0 Å². The fourth-order valence-electron chi connectivity index (χ4n) is 2.95. The number of nitrogens with zero attached hydrogens (tertiary/aromatic N) is 3. The molecule has 1 aliphatic rings. The van der Waals surface area contributed by atoms with Crippen LogP contribution in [0.25, 0.3) is 0 Å². The molecule has 5 nitrogen and oxygen atoms in total. The van der Waals surface area contributed by atoms with Crippen molar-refractivity contribution in [1.82, 2.24) is 9.97 Å². The number of nitrogens with one attached hydrogen (secondary N) is 1. The number of hydrogen-bond acceptors (Lipinski definition) is 4. The predicted octanol–water partition coefficient (Wildman–Crippen LogP) is 2.47. The molecule has 1 aromatic rings. The van der Waals surface area contributed by atoms with Crippen LogP contribution >= 0.6 is 0 Å². The minimum absolute atomic E-state index is 0.000147. The molecule has 1 heterocycles. The van der Waals surface area contributed by atoms with E-state index in [1.807, 2.05) is 6.92 Å². The molecular formula is C15H25N5. The van der Waals surface area contributed by atoms with Crippen LogP contribution in [0.5, 0.6) is 0 Å². The highest BCUT2D eigenvalue weighted by Crippen LogP contribution is 2.30. The predicted molar refractivity (Wildman–Crippen MR) is 82.2 cm³/mol. The van der Waals surface area contributed by atoms with Crippen molar-refractivity contribution < 1.29 is 0 Å². The highest BCUT2D eigenvalue weighted by Gasteiger charge is 2.24. The number of rotatable bonds is 4. The molecule has 110 valence electrons. The van der Waals surface area contributed by atoms with Gasteiger partial charge in [-0.25, -0.2) is 9.97 Å². The van der Waals surface area contributed by atoms with Crippen molar-refractivity contribution in [1.29, 1.82) is 5.41 Å². The molecule has 5 heteroatoms. The van der Waals surface area contributed by atoms with E-state index in [-0.39, 0.29) is 5.84 Å². The van der Waals surface area contributed by atoms with Gasteiger partial charge in [-0.1, -0.05) is 13.3 Å². The van der Waals surface area contributed by atoms with Crippen LogP contribution in [0.15, 0.2) is 6.07 Å². The first kappa shape index (κ1) is 14.8. The van der Waals surface area contributed by atoms with Gasteiger partial charge in [0.25, 0.3) is 0 Å². The van der Waals surface area contributed by atoms with Crippen molar-refractivity contribution in [3.05, 3.63) is 17.5 Å². The third kappa shape index (κ3) is 3.26. The summed E-state index contributed by atoms with van der Waals surface area (Å²) in [4.78, 5) is 11.1. The number of aryl methyl sites for hydroxylation is 1. The van der Waals surface area contributed by atoms with E-state index in [2.05, 4.69) is 28.8 Å². The lowest BCUT2D eigenvalue weighted by Crippen LogP contribution is -2.36. The summed E-state index contributed by atoms with van der Waals surface area (Å²) in [5.41, 5.74) is 6.91. The van der Waals surface area contributed by atoms with Crippen LogP contribution in [-0.2, 0) is 0 Å². The van der Waals surface area contributed by atoms with Crippen molar-refractivity contribution >= 4 is 11.8 Å². The molecule has 1 fully saturated rings.